The zero-order valence-corrected chi connectivity index (χ0v) is 16.3. The summed E-state index contributed by atoms with van der Waals surface area (Å²) in [7, 11) is 1.31. The molecule has 1 amide bonds. The van der Waals surface area contributed by atoms with E-state index in [2.05, 4.69) is 31.4 Å². The second-order valence-corrected chi connectivity index (χ2v) is 7.29. The smallest absolute Gasteiger partial charge is 0.411 e. The summed E-state index contributed by atoms with van der Waals surface area (Å²) in [5.41, 5.74) is 4.65. The molecule has 1 aliphatic rings. The lowest BCUT2D eigenvalue weighted by molar-refractivity contribution is 0.187. The summed E-state index contributed by atoms with van der Waals surface area (Å²) < 4.78 is 8.09. The number of anilines is 1. The molecule has 4 aromatic rings. The molecule has 1 aromatic carbocycles. The van der Waals surface area contributed by atoms with Crippen molar-refractivity contribution in [3.8, 4) is 5.69 Å². The van der Waals surface area contributed by atoms with Crippen LogP contribution in [0.15, 0.2) is 55.1 Å². The first-order valence-electron chi connectivity index (χ1n) is 9.64. The molecule has 0 bridgehead atoms. The Bertz CT molecular complexity index is 1210. The fraction of sp³-hybridized carbons (Fsp3) is 0.238. The number of pyridine rings is 1. The van der Waals surface area contributed by atoms with E-state index in [4.69, 9.17) is 0 Å². The molecule has 1 saturated carbocycles. The van der Waals surface area contributed by atoms with Crippen molar-refractivity contribution in [1.29, 1.82) is 0 Å². The lowest BCUT2D eigenvalue weighted by Gasteiger charge is -2.16. The minimum absolute atomic E-state index is 0.454. The molecule has 3 aromatic heterocycles. The number of methoxy groups -OCH3 is 1. The topological polar surface area (TPSA) is 107 Å². The third-order valence-corrected chi connectivity index (χ3v) is 5.29. The number of imidazole rings is 1. The molecular formula is C21H20N6O3. The average Bonchev–Trinajstić information content (AvgIpc) is 3.29. The van der Waals surface area contributed by atoms with Gasteiger partial charge in [0.2, 0.25) is 0 Å². The van der Waals surface area contributed by atoms with Gasteiger partial charge in [0, 0.05) is 5.69 Å². The Morgan fingerprint density at radius 1 is 1.23 bits per heavy atom. The lowest BCUT2D eigenvalue weighted by Crippen LogP contribution is -2.10. The standard InChI is InChI=1S/C21H20N6O3/c1-30-21(29)23-14-4-6-15(7-5-14)27-11-18(24-25-27)20(28)19-17(13-2-3-13)9-8-16-10-22-12-26(16)19/h4-13,20,28H,2-3H2,1H3,(H,23,29). The molecule has 1 atom stereocenters. The number of rotatable bonds is 5. The van der Waals surface area contributed by atoms with Crippen molar-refractivity contribution in [3.05, 3.63) is 72.1 Å². The number of amides is 1. The van der Waals surface area contributed by atoms with Crippen LogP contribution in [0.4, 0.5) is 10.5 Å². The fourth-order valence-corrected chi connectivity index (χ4v) is 3.59. The second kappa shape index (κ2) is 7.27. The van der Waals surface area contributed by atoms with Gasteiger partial charge in [-0.15, -0.1) is 5.10 Å². The Morgan fingerprint density at radius 3 is 2.77 bits per heavy atom. The maximum atomic E-state index is 11.3. The Balaban J connectivity index is 1.45. The first kappa shape index (κ1) is 18.3. The highest BCUT2D eigenvalue weighted by Crippen LogP contribution is 2.43. The van der Waals surface area contributed by atoms with Gasteiger partial charge >= 0.3 is 6.09 Å². The minimum atomic E-state index is -0.924. The van der Waals surface area contributed by atoms with E-state index in [1.54, 1.807) is 47.7 Å². The Labute approximate surface area is 171 Å². The fourth-order valence-electron chi connectivity index (χ4n) is 3.59. The van der Waals surface area contributed by atoms with Gasteiger partial charge in [-0.1, -0.05) is 11.3 Å². The number of nitrogens with zero attached hydrogens (tertiary/aromatic N) is 5. The van der Waals surface area contributed by atoms with Crippen LogP contribution in [0.5, 0.6) is 0 Å². The van der Waals surface area contributed by atoms with E-state index >= 15 is 0 Å². The van der Waals surface area contributed by atoms with E-state index in [0.29, 0.717) is 17.3 Å². The zero-order chi connectivity index (χ0) is 20.7. The van der Waals surface area contributed by atoms with Gasteiger partial charge < -0.3 is 9.84 Å². The number of aliphatic hydroxyl groups excluding tert-OH is 1. The number of hydrogen-bond acceptors (Lipinski definition) is 6. The molecule has 0 spiro atoms. The van der Waals surface area contributed by atoms with Crippen LogP contribution >= 0.6 is 0 Å². The largest absolute Gasteiger partial charge is 0.453 e. The molecule has 30 heavy (non-hydrogen) atoms. The van der Waals surface area contributed by atoms with E-state index in [9.17, 15) is 9.90 Å². The van der Waals surface area contributed by atoms with E-state index in [1.165, 1.54) is 7.11 Å². The number of aromatic nitrogens is 5. The van der Waals surface area contributed by atoms with Gasteiger partial charge in [-0.2, -0.15) is 0 Å². The number of carbonyl (C=O) groups excluding carboxylic acids is 1. The van der Waals surface area contributed by atoms with E-state index in [0.717, 1.165) is 35.3 Å². The van der Waals surface area contributed by atoms with Crippen molar-refractivity contribution >= 4 is 17.3 Å². The molecule has 152 valence electrons. The summed E-state index contributed by atoms with van der Waals surface area (Å²) in [6.07, 6.45) is 5.99. The van der Waals surface area contributed by atoms with Crippen molar-refractivity contribution in [3.63, 3.8) is 0 Å². The maximum absolute atomic E-state index is 11.3. The van der Waals surface area contributed by atoms with E-state index in [-0.39, 0.29) is 0 Å². The molecule has 0 radical (unpaired) electrons. The van der Waals surface area contributed by atoms with Crippen molar-refractivity contribution in [1.82, 2.24) is 24.4 Å². The molecule has 3 heterocycles. The van der Waals surface area contributed by atoms with Gasteiger partial charge in [0.1, 0.15) is 11.8 Å². The number of hydrogen-bond donors (Lipinski definition) is 2. The number of fused-ring (bicyclic) bond motifs is 1. The van der Waals surface area contributed by atoms with Crippen LogP contribution in [0, 0.1) is 0 Å². The normalized spacial score (nSPS) is 14.6. The van der Waals surface area contributed by atoms with Crippen LogP contribution in [0.1, 0.15) is 41.8 Å². The highest BCUT2D eigenvalue weighted by Gasteiger charge is 2.31. The van der Waals surface area contributed by atoms with Gasteiger partial charge in [-0.05, 0) is 54.7 Å². The SMILES string of the molecule is COC(=O)Nc1ccc(-n2cc(C(O)c3c(C4CC4)ccc4cncn34)nn2)cc1. The monoisotopic (exact) mass is 404 g/mol. The Morgan fingerprint density at radius 2 is 2.03 bits per heavy atom. The predicted octanol–water partition coefficient (Wildman–Crippen LogP) is 3.05. The van der Waals surface area contributed by atoms with Gasteiger partial charge in [0.15, 0.2) is 0 Å². The van der Waals surface area contributed by atoms with Crippen molar-refractivity contribution in [2.24, 2.45) is 0 Å². The zero-order valence-electron chi connectivity index (χ0n) is 16.3. The summed E-state index contributed by atoms with van der Waals surface area (Å²) in [4.78, 5) is 15.5. The molecule has 1 aliphatic carbocycles. The van der Waals surface area contributed by atoms with Gasteiger partial charge in [0.05, 0.1) is 42.7 Å². The van der Waals surface area contributed by atoms with Crippen LogP contribution < -0.4 is 5.32 Å². The quantitative estimate of drug-likeness (QED) is 0.529. The first-order chi connectivity index (χ1) is 14.6. The number of carbonyl (C=O) groups is 1. The molecular weight excluding hydrogens is 384 g/mol. The molecule has 5 rings (SSSR count). The maximum Gasteiger partial charge on any atom is 0.411 e. The molecule has 9 nitrogen and oxygen atoms in total. The van der Waals surface area contributed by atoms with E-state index in [1.807, 2.05) is 10.5 Å². The van der Waals surface area contributed by atoms with Gasteiger partial charge in [-0.25, -0.2) is 14.5 Å². The molecule has 0 saturated heterocycles. The highest BCUT2D eigenvalue weighted by atomic mass is 16.5. The predicted molar refractivity (Wildman–Crippen MR) is 109 cm³/mol. The second-order valence-electron chi connectivity index (χ2n) is 7.29. The van der Waals surface area contributed by atoms with Crippen LogP contribution in [-0.2, 0) is 4.74 Å². The first-order valence-corrected chi connectivity index (χ1v) is 9.64. The van der Waals surface area contributed by atoms with E-state index < -0.39 is 12.2 Å². The van der Waals surface area contributed by atoms with Crippen molar-refractivity contribution < 1.29 is 14.6 Å². The van der Waals surface area contributed by atoms with Crippen molar-refractivity contribution in [2.45, 2.75) is 24.9 Å². The van der Waals surface area contributed by atoms with Crippen LogP contribution in [0.3, 0.4) is 0 Å². The average molecular weight is 404 g/mol. The van der Waals surface area contributed by atoms with Crippen LogP contribution in [0.25, 0.3) is 11.2 Å². The van der Waals surface area contributed by atoms with Crippen LogP contribution in [-0.4, -0.2) is 42.7 Å². The number of nitrogens with one attached hydrogen (secondary N) is 1. The number of aliphatic hydroxyl groups is 1. The summed E-state index contributed by atoms with van der Waals surface area (Å²) in [6, 6.07) is 11.2. The van der Waals surface area contributed by atoms with Crippen molar-refractivity contribution in [2.75, 3.05) is 12.4 Å². The summed E-state index contributed by atoms with van der Waals surface area (Å²) in [6.45, 7) is 0. The Hall–Kier alpha value is -3.72. The number of ether oxygens (including phenoxy) is 1. The van der Waals surface area contributed by atoms with Crippen LogP contribution in [0.2, 0.25) is 0 Å². The highest BCUT2D eigenvalue weighted by molar-refractivity contribution is 5.84. The third-order valence-electron chi connectivity index (χ3n) is 5.29. The summed E-state index contributed by atoms with van der Waals surface area (Å²) in [5, 5.41) is 22.1. The third kappa shape index (κ3) is 3.29. The lowest BCUT2D eigenvalue weighted by atomic mass is 10.0. The summed E-state index contributed by atoms with van der Waals surface area (Å²) >= 11 is 0. The molecule has 0 aliphatic heterocycles. The molecule has 9 heteroatoms. The Kier molecular flexibility index (Phi) is 4.44. The molecule has 1 unspecified atom stereocenters. The van der Waals surface area contributed by atoms with Gasteiger partial charge in [0.25, 0.3) is 0 Å². The minimum Gasteiger partial charge on any atom is -0.453 e. The summed E-state index contributed by atoms with van der Waals surface area (Å²) in [5.74, 6) is 0.464. The van der Waals surface area contributed by atoms with Gasteiger partial charge in [-0.3, -0.25) is 9.72 Å². The molecule has 1 fully saturated rings. The molecule has 2 N–H and O–H groups in total. The number of benzene rings is 1.